The molecule has 0 aliphatic carbocycles. The van der Waals surface area contributed by atoms with Crippen LogP contribution in [0.1, 0.15) is 0 Å². The van der Waals surface area contributed by atoms with E-state index in [1.807, 2.05) is 0 Å². The van der Waals surface area contributed by atoms with Gasteiger partial charge in [0.2, 0.25) is 5.65 Å². The summed E-state index contributed by atoms with van der Waals surface area (Å²) in [6, 6.07) is 0. The molecule has 0 saturated carbocycles. The van der Waals surface area contributed by atoms with Gasteiger partial charge < -0.3 is 5.21 Å². The number of rotatable bonds is 0. The lowest BCUT2D eigenvalue weighted by Gasteiger charge is -1.84. The molecule has 10 heavy (non-hydrogen) atoms. The van der Waals surface area contributed by atoms with Gasteiger partial charge in [0, 0.05) is 5.10 Å². The Morgan fingerprint density at radius 3 is 3.30 bits per heavy atom. The van der Waals surface area contributed by atoms with Crippen molar-refractivity contribution >= 4 is 11.0 Å². The normalized spacial score (nSPS) is 10.4. The molecule has 1 N–H and O–H groups in total. The Kier molecular flexibility index (Phi) is 0.830. The van der Waals surface area contributed by atoms with Crippen molar-refractivity contribution < 1.29 is 4.96 Å². The van der Waals surface area contributed by atoms with Crippen LogP contribution in [-0.2, 0) is 0 Å². The first kappa shape index (κ1) is 5.10. The highest BCUT2D eigenvalue weighted by atomic mass is 16.5. The maximum Gasteiger partial charge on any atom is 0.229 e. The van der Waals surface area contributed by atoms with Crippen LogP contribution in [0.15, 0.2) is 12.4 Å². The van der Waals surface area contributed by atoms with E-state index in [0.717, 1.165) is 5.39 Å². The fourth-order valence-corrected chi connectivity index (χ4v) is 0.686. The molecule has 0 aromatic carbocycles. The average Bonchev–Trinajstić information content (AvgIpc) is 2.33. The third-order valence-corrected chi connectivity index (χ3v) is 1.13. The van der Waals surface area contributed by atoms with E-state index in [9.17, 15) is 5.21 Å². The van der Waals surface area contributed by atoms with Gasteiger partial charge in [0.05, 0.1) is 21.6 Å². The van der Waals surface area contributed by atoms with E-state index in [-0.39, 0.29) is 4.96 Å². The van der Waals surface area contributed by atoms with E-state index in [1.165, 1.54) is 6.20 Å². The molecule has 0 saturated heterocycles. The van der Waals surface area contributed by atoms with Crippen LogP contribution in [0, 0.1) is 5.21 Å². The molecule has 6 heteroatoms. The first-order valence-electron chi connectivity index (χ1n) is 2.62. The quantitative estimate of drug-likeness (QED) is 0.372. The van der Waals surface area contributed by atoms with Crippen LogP contribution >= 0.6 is 0 Å². The Balaban J connectivity index is 2.86. The summed E-state index contributed by atoms with van der Waals surface area (Å²) in [4.78, 5) is 0.237. The summed E-state index contributed by atoms with van der Waals surface area (Å²) >= 11 is 0. The van der Waals surface area contributed by atoms with Gasteiger partial charge in [-0.15, -0.1) is 0 Å². The van der Waals surface area contributed by atoms with Crippen molar-refractivity contribution in [3.05, 3.63) is 17.6 Å². The van der Waals surface area contributed by atoms with Crippen LogP contribution in [0.25, 0.3) is 11.0 Å². The summed E-state index contributed by atoms with van der Waals surface area (Å²) in [6.07, 6.45) is 2.95. The largest absolute Gasteiger partial charge is 0.569 e. The Hall–Kier alpha value is -1.72. The lowest BCUT2D eigenvalue weighted by Crippen LogP contribution is -2.34. The summed E-state index contributed by atoms with van der Waals surface area (Å²) in [6.45, 7) is 0. The molecule has 2 heterocycles. The molecule has 2 aromatic heterocycles. The highest BCUT2D eigenvalue weighted by Crippen LogP contribution is 1.99. The minimum atomic E-state index is 0.237. The molecule has 0 amide bonds. The molecule has 0 aliphatic heterocycles. The van der Waals surface area contributed by atoms with Crippen molar-refractivity contribution in [2.24, 2.45) is 0 Å². The van der Waals surface area contributed by atoms with Crippen LogP contribution in [0.2, 0.25) is 0 Å². The monoisotopic (exact) mass is 137 g/mol. The van der Waals surface area contributed by atoms with Crippen molar-refractivity contribution in [3.8, 4) is 0 Å². The SMILES string of the molecule is [O-][n+]1ncc2cn[nH]c2n1. The number of hydrogen-bond donors (Lipinski definition) is 1. The van der Waals surface area contributed by atoms with Crippen molar-refractivity contribution in [1.82, 2.24) is 20.4 Å². The van der Waals surface area contributed by atoms with Crippen molar-refractivity contribution in [2.45, 2.75) is 0 Å². The highest BCUT2D eigenvalue weighted by molar-refractivity contribution is 5.70. The minimum absolute atomic E-state index is 0.237. The van der Waals surface area contributed by atoms with E-state index in [4.69, 9.17) is 0 Å². The molecule has 0 unspecified atom stereocenters. The average molecular weight is 137 g/mol. The molecule has 2 rings (SSSR count). The van der Waals surface area contributed by atoms with Crippen molar-refractivity contribution in [3.63, 3.8) is 0 Å². The van der Waals surface area contributed by atoms with Gasteiger partial charge in [0.1, 0.15) is 6.20 Å². The Morgan fingerprint density at radius 1 is 1.50 bits per heavy atom. The van der Waals surface area contributed by atoms with Gasteiger partial charge in [-0.05, 0) is 0 Å². The lowest BCUT2D eigenvalue weighted by atomic mass is 10.5. The molecule has 0 fully saturated rings. The van der Waals surface area contributed by atoms with E-state index in [1.54, 1.807) is 6.20 Å². The number of H-pyrrole nitrogens is 1. The third-order valence-electron chi connectivity index (χ3n) is 1.13. The second-order valence-electron chi connectivity index (χ2n) is 1.77. The maximum absolute atomic E-state index is 10.4. The van der Waals surface area contributed by atoms with E-state index in [2.05, 4.69) is 20.4 Å². The maximum atomic E-state index is 10.4. The second-order valence-corrected chi connectivity index (χ2v) is 1.77. The van der Waals surface area contributed by atoms with Gasteiger partial charge in [0.15, 0.2) is 0 Å². The number of nitrogens with one attached hydrogen (secondary N) is 1. The van der Waals surface area contributed by atoms with Crippen LogP contribution < -0.4 is 4.96 Å². The summed E-state index contributed by atoms with van der Waals surface area (Å²) in [5.41, 5.74) is 0.449. The Morgan fingerprint density at radius 2 is 2.40 bits per heavy atom. The van der Waals surface area contributed by atoms with Crippen LogP contribution in [0.4, 0.5) is 0 Å². The van der Waals surface area contributed by atoms with E-state index in [0.29, 0.717) is 5.65 Å². The molecule has 0 aliphatic rings. The molecule has 0 spiro atoms. The lowest BCUT2D eigenvalue weighted by molar-refractivity contribution is -0.726. The number of aromatic nitrogens is 5. The zero-order chi connectivity index (χ0) is 6.97. The van der Waals surface area contributed by atoms with E-state index < -0.39 is 0 Å². The highest BCUT2D eigenvalue weighted by Gasteiger charge is 2.00. The van der Waals surface area contributed by atoms with Gasteiger partial charge >= 0.3 is 0 Å². The van der Waals surface area contributed by atoms with Crippen molar-refractivity contribution in [2.75, 3.05) is 0 Å². The van der Waals surface area contributed by atoms with E-state index >= 15 is 0 Å². The molecule has 0 atom stereocenters. The molecular weight excluding hydrogens is 134 g/mol. The van der Waals surface area contributed by atoms with Gasteiger partial charge in [-0.3, -0.25) is 5.10 Å². The zero-order valence-corrected chi connectivity index (χ0v) is 4.85. The fourth-order valence-electron chi connectivity index (χ4n) is 0.686. The number of nitrogens with zero attached hydrogens (tertiary/aromatic N) is 4. The van der Waals surface area contributed by atoms with Crippen molar-refractivity contribution in [1.29, 1.82) is 0 Å². The first-order chi connectivity index (χ1) is 4.86. The molecular formula is C4H3N5O. The predicted molar refractivity (Wildman–Crippen MR) is 30.6 cm³/mol. The standard InChI is InChI=1S/C4H3N5O/c10-9-6-2-3-1-5-7-4(3)8-9/h1-2H,(H,5,6,7,8). The minimum Gasteiger partial charge on any atom is -0.569 e. The summed E-state index contributed by atoms with van der Waals surface area (Å²) in [5, 5.41) is 24.2. The predicted octanol–water partition coefficient (Wildman–Crippen LogP) is -1.01. The molecule has 2 aromatic rings. The fraction of sp³-hybridized carbons (Fsp3) is 0. The van der Waals surface area contributed by atoms with Crippen LogP contribution in [0.5, 0.6) is 0 Å². The number of hydrogen-bond acceptors (Lipinski definition) is 4. The van der Waals surface area contributed by atoms with Gasteiger partial charge in [-0.1, -0.05) is 0 Å². The molecule has 6 nitrogen and oxygen atoms in total. The molecule has 50 valence electrons. The molecule has 0 radical (unpaired) electrons. The first-order valence-corrected chi connectivity index (χ1v) is 2.62. The van der Waals surface area contributed by atoms with Gasteiger partial charge in [0.25, 0.3) is 0 Å². The smallest absolute Gasteiger partial charge is 0.229 e. The summed E-state index contributed by atoms with van der Waals surface area (Å²) in [5.74, 6) is 0. The summed E-state index contributed by atoms with van der Waals surface area (Å²) in [7, 11) is 0. The topological polar surface area (TPSA) is 81.4 Å². The zero-order valence-electron chi connectivity index (χ0n) is 4.85. The van der Waals surface area contributed by atoms with Crippen LogP contribution in [0.3, 0.4) is 0 Å². The number of fused-ring (bicyclic) bond motifs is 1. The number of aromatic amines is 1. The Bertz CT molecular complexity index is 355. The second kappa shape index (κ2) is 1.63. The molecule has 0 bridgehead atoms. The van der Waals surface area contributed by atoms with Gasteiger partial charge in [-0.25, -0.2) is 0 Å². The van der Waals surface area contributed by atoms with Crippen LogP contribution in [-0.4, -0.2) is 20.4 Å². The van der Waals surface area contributed by atoms with Gasteiger partial charge in [-0.2, -0.15) is 5.10 Å². The third kappa shape index (κ3) is 0.586. The Labute approximate surface area is 55.1 Å². The summed E-state index contributed by atoms with van der Waals surface area (Å²) < 4.78 is 0.